The lowest BCUT2D eigenvalue weighted by molar-refractivity contribution is -0.136. The molecule has 3 fully saturated rings. The molecule has 0 saturated carbocycles. The number of hydrogen-bond acceptors (Lipinski definition) is 3. The molecule has 3 aliphatic heterocycles. The van der Waals surface area contributed by atoms with Crippen LogP contribution in [0.15, 0.2) is 17.7 Å². The summed E-state index contributed by atoms with van der Waals surface area (Å²) >= 11 is 0. The molecule has 0 unspecified atom stereocenters. The summed E-state index contributed by atoms with van der Waals surface area (Å²) in [5.41, 5.74) is 3.76. The highest BCUT2D eigenvalue weighted by molar-refractivity contribution is 5.77. The Morgan fingerprint density at radius 1 is 1.21 bits per heavy atom. The van der Waals surface area contributed by atoms with Crippen molar-refractivity contribution in [1.29, 1.82) is 0 Å². The van der Waals surface area contributed by atoms with Crippen LogP contribution in [0.3, 0.4) is 0 Å². The van der Waals surface area contributed by atoms with E-state index < -0.39 is 0 Å². The molecular weight excluding hydrogens is 348 g/mol. The molecule has 1 aromatic heterocycles. The van der Waals surface area contributed by atoms with Crippen molar-refractivity contribution in [2.45, 2.75) is 77.4 Å². The van der Waals surface area contributed by atoms with Crippen LogP contribution in [0.25, 0.3) is 0 Å². The number of nitrogens with zero attached hydrogens (tertiary/aromatic N) is 4. The Bertz CT molecular complexity index is 782. The first-order valence-corrected chi connectivity index (χ1v) is 11.4. The predicted octanol–water partition coefficient (Wildman–Crippen LogP) is 3.31. The molecule has 1 aromatic rings. The predicted molar refractivity (Wildman–Crippen MR) is 110 cm³/mol. The van der Waals surface area contributed by atoms with Crippen LogP contribution in [0.2, 0.25) is 0 Å². The van der Waals surface area contributed by atoms with E-state index in [1.807, 2.05) is 11.6 Å². The molecule has 1 aliphatic carbocycles. The fraction of sp³-hybridized carbons (Fsp3) is 0.739. The molecule has 1 amide bonds. The molecule has 5 nitrogen and oxygen atoms in total. The lowest BCUT2D eigenvalue weighted by atomic mass is 9.68. The van der Waals surface area contributed by atoms with E-state index in [0.717, 1.165) is 36.3 Å². The highest BCUT2D eigenvalue weighted by Crippen LogP contribution is 2.45. The maximum absolute atomic E-state index is 13.2. The Labute approximate surface area is 168 Å². The number of piperidine rings is 3. The molecule has 5 rings (SSSR count). The van der Waals surface area contributed by atoms with Crippen LogP contribution in [0.5, 0.6) is 0 Å². The highest BCUT2D eigenvalue weighted by Gasteiger charge is 2.46. The Kier molecular flexibility index (Phi) is 4.82. The molecule has 4 aliphatic rings. The monoisotopic (exact) mass is 382 g/mol. The zero-order chi connectivity index (χ0) is 19.3. The number of rotatable bonds is 3. The lowest BCUT2D eigenvalue weighted by Crippen LogP contribution is -2.60. The molecule has 0 aromatic carbocycles. The fourth-order valence-electron chi connectivity index (χ4n) is 6.50. The van der Waals surface area contributed by atoms with Gasteiger partial charge in [-0.25, -0.2) is 0 Å². The van der Waals surface area contributed by atoms with Crippen molar-refractivity contribution in [3.05, 3.63) is 29.1 Å². The molecular formula is C23H34N4O. The van der Waals surface area contributed by atoms with Crippen LogP contribution in [0, 0.1) is 25.7 Å². The van der Waals surface area contributed by atoms with Gasteiger partial charge in [-0.1, -0.05) is 18.1 Å². The highest BCUT2D eigenvalue weighted by atomic mass is 16.2. The van der Waals surface area contributed by atoms with Gasteiger partial charge in [-0.2, -0.15) is 5.10 Å². The van der Waals surface area contributed by atoms with Gasteiger partial charge in [0.05, 0.1) is 11.7 Å². The van der Waals surface area contributed by atoms with Gasteiger partial charge in [-0.15, -0.1) is 0 Å². The van der Waals surface area contributed by atoms with E-state index in [-0.39, 0.29) is 0 Å². The van der Waals surface area contributed by atoms with E-state index in [1.165, 1.54) is 45.2 Å². The van der Waals surface area contributed by atoms with Crippen LogP contribution in [0.4, 0.5) is 0 Å². The smallest absolute Gasteiger partial charge is 0.224 e. The average Bonchev–Trinajstić information content (AvgIpc) is 3.03. The summed E-state index contributed by atoms with van der Waals surface area (Å²) in [6.07, 6.45) is 10.9. The second-order valence-electron chi connectivity index (χ2n) is 9.50. The maximum Gasteiger partial charge on any atom is 0.224 e. The first kappa shape index (κ1) is 18.4. The van der Waals surface area contributed by atoms with Crippen molar-refractivity contribution in [3.63, 3.8) is 0 Å². The third kappa shape index (κ3) is 3.22. The van der Waals surface area contributed by atoms with Crippen LogP contribution >= 0.6 is 0 Å². The molecule has 0 spiro atoms. The Morgan fingerprint density at radius 2 is 2.11 bits per heavy atom. The quantitative estimate of drug-likeness (QED) is 0.753. The van der Waals surface area contributed by atoms with Gasteiger partial charge >= 0.3 is 0 Å². The summed E-state index contributed by atoms with van der Waals surface area (Å²) in [4.78, 5) is 18.2. The van der Waals surface area contributed by atoms with Crippen molar-refractivity contribution < 1.29 is 4.79 Å². The van der Waals surface area contributed by atoms with Crippen molar-refractivity contribution in [2.24, 2.45) is 11.8 Å². The lowest BCUT2D eigenvalue weighted by Gasteiger charge is -2.54. The van der Waals surface area contributed by atoms with E-state index in [2.05, 4.69) is 34.0 Å². The molecule has 0 N–H and O–H groups in total. The minimum absolute atomic E-state index is 0.322. The van der Waals surface area contributed by atoms with E-state index in [0.29, 0.717) is 30.8 Å². The van der Waals surface area contributed by atoms with E-state index in [9.17, 15) is 4.79 Å². The van der Waals surface area contributed by atoms with Gasteiger partial charge in [-0.05, 0) is 70.4 Å². The van der Waals surface area contributed by atoms with Crippen LogP contribution in [0.1, 0.15) is 56.3 Å². The Hall–Kier alpha value is -1.62. The van der Waals surface area contributed by atoms with Crippen molar-refractivity contribution in [3.8, 4) is 0 Å². The number of amides is 1. The van der Waals surface area contributed by atoms with Crippen LogP contribution in [-0.4, -0.2) is 57.2 Å². The van der Waals surface area contributed by atoms with E-state index in [1.54, 1.807) is 5.57 Å². The van der Waals surface area contributed by atoms with Gasteiger partial charge in [-0.3, -0.25) is 14.4 Å². The number of carbonyl (C=O) groups is 1. The minimum atomic E-state index is 0.322. The molecule has 4 atom stereocenters. The van der Waals surface area contributed by atoms with Crippen LogP contribution < -0.4 is 0 Å². The zero-order valence-corrected chi connectivity index (χ0v) is 17.4. The van der Waals surface area contributed by atoms with Gasteiger partial charge in [0, 0.05) is 37.8 Å². The van der Waals surface area contributed by atoms with Gasteiger partial charge in [0.15, 0.2) is 0 Å². The second kappa shape index (κ2) is 7.33. The fourth-order valence-corrected chi connectivity index (χ4v) is 6.50. The SMILES string of the molecule is Cc1cc(C)n(CCC(=O)N2CCCC3=C[C@H]4C[C@@H](CN5CCCC[C@@H]45)[C@H]32)n1. The first-order chi connectivity index (χ1) is 13.6. The van der Waals surface area contributed by atoms with Crippen molar-refractivity contribution in [1.82, 2.24) is 19.6 Å². The molecule has 3 saturated heterocycles. The summed E-state index contributed by atoms with van der Waals surface area (Å²) < 4.78 is 1.99. The van der Waals surface area contributed by atoms with E-state index in [4.69, 9.17) is 0 Å². The largest absolute Gasteiger partial charge is 0.336 e. The second-order valence-corrected chi connectivity index (χ2v) is 9.50. The molecule has 28 heavy (non-hydrogen) atoms. The third-order valence-electron chi connectivity index (χ3n) is 7.62. The average molecular weight is 383 g/mol. The van der Waals surface area contributed by atoms with Gasteiger partial charge < -0.3 is 4.90 Å². The third-order valence-corrected chi connectivity index (χ3v) is 7.62. The Balaban J connectivity index is 1.32. The Morgan fingerprint density at radius 3 is 2.93 bits per heavy atom. The van der Waals surface area contributed by atoms with Crippen molar-refractivity contribution >= 4 is 5.91 Å². The van der Waals surface area contributed by atoms with Crippen molar-refractivity contribution in [2.75, 3.05) is 19.6 Å². The first-order valence-electron chi connectivity index (χ1n) is 11.4. The minimum Gasteiger partial charge on any atom is -0.336 e. The molecule has 2 bridgehead atoms. The summed E-state index contributed by atoms with van der Waals surface area (Å²) in [5, 5.41) is 4.53. The molecule has 4 heterocycles. The normalized spacial score (nSPS) is 32.5. The standard InChI is InChI=1S/C23H34N4O/c1-16-12-17(2)27(24-16)11-8-22(28)26-10-5-6-18-13-19-14-20(23(18)26)15-25-9-4-3-7-21(19)25/h12-13,19-21,23H,3-11,14-15H2,1-2H3/t19-,20-,21-,23-/m0/s1. The summed E-state index contributed by atoms with van der Waals surface area (Å²) in [6, 6.07) is 3.22. The molecule has 0 radical (unpaired) electrons. The summed E-state index contributed by atoms with van der Waals surface area (Å²) in [6.45, 7) is 8.18. The summed E-state index contributed by atoms with van der Waals surface area (Å²) in [7, 11) is 0. The number of fused-ring (bicyclic) bond motifs is 6. The number of hydrogen-bond donors (Lipinski definition) is 0. The summed E-state index contributed by atoms with van der Waals surface area (Å²) in [5.74, 6) is 1.69. The number of aryl methyl sites for hydroxylation is 3. The van der Waals surface area contributed by atoms with Gasteiger partial charge in [0.1, 0.15) is 0 Å². The maximum atomic E-state index is 13.2. The number of carbonyl (C=O) groups excluding carboxylic acids is 1. The molecule has 152 valence electrons. The van der Waals surface area contributed by atoms with E-state index >= 15 is 0 Å². The number of aromatic nitrogens is 2. The zero-order valence-electron chi connectivity index (χ0n) is 17.4. The topological polar surface area (TPSA) is 41.4 Å². The van der Waals surface area contributed by atoms with Gasteiger partial charge in [0.2, 0.25) is 5.91 Å². The van der Waals surface area contributed by atoms with Gasteiger partial charge in [0.25, 0.3) is 0 Å². The number of likely N-dealkylation sites (tertiary alicyclic amines) is 1. The molecule has 5 heteroatoms. The van der Waals surface area contributed by atoms with Crippen LogP contribution in [-0.2, 0) is 11.3 Å².